The van der Waals surface area contributed by atoms with E-state index in [1.54, 1.807) is 32.2 Å². The molecule has 0 bridgehead atoms. The van der Waals surface area contributed by atoms with Gasteiger partial charge in [-0.25, -0.2) is 0 Å². The Balaban J connectivity index is 1.99. The van der Waals surface area contributed by atoms with Gasteiger partial charge in [0, 0.05) is 12.3 Å². The fourth-order valence-electron chi connectivity index (χ4n) is 1.76. The number of halogens is 2. The minimum Gasteiger partial charge on any atom is -0.489 e. The van der Waals surface area contributed by atoms with Gasteiger partial charge in [0.15, 0.2) is 0 Å². The van der Waals surface area contributed by atoms with E-state index in [2.05, 4.69) is 15.5 Å². The van der Waals surface area contributed by atoms with Crippen LogP contribution in [0.4, 0.5) is 8.78 Å². The van der Waals surface area contributed by atoms with Crippen molar-refractivity contribution in [3.8, 4) is 5.75 Å². The highest BCUT2D eigenvalue weighted by atomic mass is 19.3. The first-order valence-electron chi connectivity index (χ1n) is 6.56. The quantitative estimate of drug-likeness (QED) is 0.891. The van der Waals surface area contributed by atoms with Crippen molar-refractivity contribution in [1.29, 1.82) is 0 Å². The highest BCUT2D eigenvalue weighted by Crippen LogP contribution is 2.20. The van der Waals surface area contributed by atoms with Crippen LogP contribution in [0.5, 0.6) is 5.75 Å². The fourth-order valence-corrected chi connectivity index (χ4v) is 1.76. The molecule has 0 radical (unpaired) electrons. The van der Waals surface area contributed by atoms with E-state index < -0.39 is 24.0 Å². The van der Waals surface area contributed by atoms with Gasteiger partial charge < -0.3 is 10.1 Å². The van der Waals surface area contributed by atoms with Crippen LogP contribution >= 0.6 is 0 Å². The Morgan fingerprint density at radius 1 is 1.43 bits per heavy atom. The topological polar surface area (TPSA) is 67.0 Å². The number of ether oxygens (including phenoxy) is 1. The van der Waals surface area contributed by atoms with Crippen LogP contribution in [0.3, 0.4) is 0 Å². The summed E-state index contributed by atoms with van der Waals surface area (Å²) in [6.07, 6.45) is 1.20. The van der Waals surface area contributed by atoms with Gasteiger partial charge in [-0.15, -0.1) is 0 Å². The van der Waals surface area contributed by atoms with Gasteiger partial charge in [-0.3, -0.25) is 9.89 Å². The Kier molecular flexibility index (Phi) is 4.11. The van der Waals surface area contributed by atoms with E-state index in [1.807, 2.05) is 6.07 Å². The molecule has 114 valence electrons. The maximum absolute atomic E-state index is 12.8. The summed E-state index contributed by atoms with van der Waals surface area (Å²) in [5.41, 5.74) is 0.877. The third-order valence-electron chi connectivity index (χ3n) is 3.20. The van der Waals surface area contributed by atoms with Crippen LogP contribution < -0.4 is 10.1 Å². The lowest BCUT2D eigenvalue weighted by Gasteiger charge is -2.24. The molecule has 0 saturated carbocycles. The molecular weight excluding hydrogens is 280 g/mol. The summed E-state index contributed by atoms with van der Waals surface area (Å²) in [5.74, 6) is -4.12. The number of carbonyl (C=O) groups is 1. The number of nitrogens with zero attached hydrogens (tertiary/aromatic N) is 1. The fraction of sp³-hybridized carbons (Fsp3) is 0.429. The van der Waals surface area contributed by atoms with Gasteiger partial charge in [0.2, 0.25) is 0 Å². The normalized spacial score (nSPS) is 14.7. The van der Waals surface area contributed by atoms with E-state index in [-0.39, 0.29) is 0 Å². The van der Waals surface area contributed by atoms with Crippen molar-refractivity contribution in [2.75, 3.05) is 0 Å². The zero-order valence-electron chi connectivity index (χ0n) is 12.0. The Morgan fingerprint density at radius 3 is 2.81 bits per heavy atom. The molecule has 2 rings (SSSR count). The van der Waals surface area contributed by atoms with Crippen LogP contribution in [0, 0.1) is 0 Å². The molecule has 1 aromatic heterocycles. The summed E-state index contributed by atoms with van der Waals surface area (Å²) < 4.78 is 31.4. The number of hydrogen-bond acceptors (Lipinski definition) is 3. The maximum atomic E-state index is 12.8. The van der Waals surface area contributed by atoms with Crippen LogP contribution in [0.1, 0.15) is 20.8 Å². The van der Waals surface area contributed by atoms with Crippen LogP contribution in [0.2, 0.25) is 0 Å². The largest absolute Gasteiger partial charge is 0.489 e. The number of nitrogens with one attached hydrogen (secondary N) is 2. The van der Waals surface area contributed by atoms with Gasteiger partial charge in [0.25, 0.3) is 5.91 Å². The van der Waals surface area contributed by atoms with Crippen LogP contribution in [0.15, 0.2) is 24.4 Å². The Hall–Kier alpha value is -2.18. The summed E-state index contributed by atoms with van der Waals surface area (Å²) in [5, 5.41) is 9.85. The SMILES string of the molecule is C[C@H](NC(=O)C(C)(F)F)[C@@H](C)Oc1ccc2[nH]ncc2c1. The summed E-state index contributed by atoms with van der Waals surface area (Å²) in [6.45, 7) is 3.89. The smallest absolute Gasteiger partial charge is 0.321 e. The van der Waals surface area contributed by atoms with E-state index >= 15 is 0 Å². The summed E-state index contributed by atoms with van der Waals surface area (Å²) in [4.78, 5) is 11.2. The number of aromatic nitrogens is 2. The first kappa shape index (κ1) is 15.2. The molecule has 7 heteroatoms. The third-order valence-corrected chi connectivity index (χ3v) is 3.20. The number of benzene rings is 1. The third kappa shape index (κ3) is 3.68. The first-order chi connectivity index (χ1) is 9.77. The van der Waals surface area contributed by atoms with Gasteiger partial charge in [-0.1, -0.05) is 0 Å². The first-order valence-corrected chi connectivity index (χ1v) is 6.56. The molecular formula is C14H17F2N3O2. The van der Waals surface area contributed by atoms with Gasteiger partial charge in [0.05, 0.1) is 17.8 Å². The van der Waals surface area contributed by atoms with Gasteiger partial charge in [-0.2, -0.15) is 13.9 Å². The second kappa shape index (κ2) is 5.67. The maximum Gasteiger partial charge on any atom is 0.321 e. The molecule has 0 aliphatic rings. The number of alkyl halides is 2. The lowest BCUT2D eigenvalue weighted by molar-refractivity contribution is -0.144. The van der Waals surface area contributed by atoms with Crippen LogP contribution in [0.25, 0.3) is 10.9 Å². The molecule has 1 heterocycles. The predicted octanol–water partition coefficient (Wildman–Crippen LogP) is 2.49. The predicted molar refractivity (Wildman–Crippen MR) is 74.4 cm³/mol. The molecule has 2 N–H and O–H groups in total. The molecule has 0 spiro atoms. The van der Waals surface area contributed by atoms with E-state index in [4.69, 9.17) is 4.74 Å². The van der Waals surface area contributed by atoms with Crippen molar-refractivity contribution in [3.63, 3.8) is 0 Å². The number of amides is 1. The Morgan fingerprint density at radius 2 is 2.14 bits per heavy atom. The summed E-state index contributed by atoms with van der Waals surface area (Å²) in [6, 6.07) is 4.80. The number of carbonyl (C=O) groups excluding carboxylic acids is 1. The minimum absolute atomic E-state index is 0.458. The zero-order chi connectivity index (χ0) is 15.6. The molecule has 5 nitrogen and oxygen atoms in total. The zero-order valence-corrected chi connectivity index (χ0v) is 12.0. The van der Waals surface area contributed by atoms with E-state index in [0.717, 1.165) is 10.9 Å². The molecule has 1 amide bonds. The van der Waals surface area contributed by atoms with Crippen molar-refractivity contribution < 1.29 is 18.3 Å². The molecule has 0 aliphatic carbocycles. The average Bonchev–Trinajstić information content (AvgIpc) is 2.84. The number of hydrogen-bond donors (Lipinski definition) is 2. The van der Waals surface area contributed by atoms with Crippen molar-refractivity contribution in [2.45, 2.75) is 38.8 Å². The summed E-state index contributed by atoms with van der Waals surface area (Å²) in [7, 11) is 0. The molecule has 21 heavy (non-hydrogen) atoms. The molecule has 2 atom stereocenters. The number of aromatic amines is 1. The van der Waals surface area contributed by atoms with E-state index in [1.165, 1.54) is 0 Å². The van der Waals surface area contributed by atoms with Crippen molar-refractivity contribution >= 4 is 16.8 Å². The highest BCUT2D eigenvalue weighted by Gasteiger charge is 2.34. The average molecular weight is 297 g/mol. The lowest BCUT2D eigenvalue weighted by atomic mass is 10.2. The van der Waals surface area contributed by atoms with Crippen LogP contribution in [-0.4, -0.2) is 34.2 Å². The minimum atomic E-state index is -3.40. The number of rotatable bonds is 5. The molecule has 0 saturated heterocycles. The molecule has 1 aromatic carbocycles. The molecule has 0 fully saturated rings. The second-order valence-electron chi connectivity index (χ2n) is 5.09. The molecule has 0 unspecified atom stereocenters. The Bertz CT molecular complexity index is 636. The molecule has 0 aliphatic heterocycles. The Labute approximate surface area is 120 Å². The lowest BCUT2D eigenvalue weighted by Crippen LogP contribution is -2.48. The summed E-state index contributed by atoms with van der Waals surface area (Å²) >= 11 is 0. The second-order valence-corrected chi connectivity index (χ2v) is 5.09. The van der Waals surface area contributed by atoms with Crippen LogP contribution in [-0.2, 0) is 4.79 Å². The van der Waals surface area contributed by atoms with E-state index in [9.17, 15) is 13.6 Å². The van der Waals surface area contributed by atoms with Crippen molar-refractivity contribution in [3.05, 3.63) is 24.4 Å². The highest BCUT2D eigenvalue weighted by molar-refractivity contribution is 5.83. The monoisotopic (exact) mass is 297 g/mol. The van der Waals surface area contributed by atoms with Crippen molar-refractivity contribution in [2.24, 2.45) is 0 Å². The van der Waals surface area contributed by atoms with E-state index in [0.29, 0.717) is 12.7 Å². The van der Waals surface area contributed by atoms with Gasteiger partial charge in [-0.05, 0) is 32.0 Å². The number of fused-ring (bicyclic) bond motifs is 1. The van der Waals surface area contributed by atoms with Crippen molar-refractivity contribution in [1.82, 2.24) is 15.5 Å². The van der Waals surface area contributed by atoms with Gasteiger partial charge in [0.1, 0.15) is 11.9 Å². The molecule has 2 aromatic rings. The standard InChI is InChI=1S/C14H17F2N3O2/c1-8(18-13(20)14(3,15)16)9(2)21-11-4-5-12-10(6-11)7-17-19-12/h4-9H,1-3H3,(H,17,19)(H,18,20)/t8-,9+/m0/s1. The van der Waals surface area contributed by atoms with Gasteiger partial charge >= 0.3 is 5.92 Å². The number of H-pyrrole nitrogens is 1.